The van der Waals surface area contributed by atoms with Gasteiger partial charge < -0.3 is 15.6 Å². The van der Waals surface area contributed by atoms with Crippen molar-refractivity contribution >= 4 is 16.8 Å². The third kappa shape index (κ3) is 2.32. The molecule has 3 aromatic rings. The summed E-state index contributed by atoms with van der Waals surface area (Å²) in [6, 6.07) is 14.5. The van der Waals surface area contributed by atoms with Crippen LogP contribution in [0.5, 0.6) is 0 Å². The summed E-state index contributed by atoms with van der Waals surface area (Å²) in [5, 5.41) is 7.21. The van der Waals surface area contributed by atoms with Crippen LogP contribution in [0.3, 0.4) is 0 Å². The minimum atomic E-state index is 0.0178. The van der Waals surface area contributed by atoms with Crippen LogP contribution in [0.4, 0.5) is 0 Å². The van der Waals surface area contributed by atoms with Crippen LogP contribution >= 0.6 is 0 Å². The SMILES string of the molecule is CNCc1ccc(-c2[nH]c3cccc4c3c2CCNC4=O)cc1. The molecule has 1 aliphatic heterocycles. The van der Waals surface area contributed by atoms with Gasteiger partial charge in [0.15, 0.2) is 0 Å². The topological polar surface area (TPSA) is 56.9 Å². The Kier molecular flexibility index (Phi) is 3.39. The van der Waals surface area contributed by atoms with Crippen molar-refractivity contribution in [2.45, 2.75) is 13.0 Å². The summed E-state index contributed by atoms with van der Waals surface area (Å²) in [4.78, 5) is 15.7. The van der Waals surface area contributed by atoms with Gasteiger partial charge in [0.1, 0.15) is 0 Å². The lowest BCUT2D eigenvalue weighted by Crippen LogP contribution is -2.23. The van der Waals surface area contributed by atoms with Crippen molar-refractivity contribution in [3.8, 4) is 11.3 Å². The number of carbonyl (C=O) groups is 1. The first-order valence-corrected chi connectivity index (χ1v) is 7.93. The molecule has 0 atom stereocenters. The second kappa shape index (κ2) is 5.56. The van der Waals surface area contributed by atoms with E-state index in [1.165, 1.54) is 11.1 Å². The van der Waals surface area contributed by atoms with E-state index in [-0.39, 0.29) is 5.91 Å². The van der Waals surface area contributed by atoms with Crippen LogP contribution in [-0.4, -0.2) is 24.5 Å². The fraction of sp³-hybridized carbons (Fsp3) is 0.211. The van der Waals surface area contributed by atoms with Gasteiger partial charge in [-0.25, -0.2) is 0 Å². The largest absolute Gasteiger partial charge is 0.354 e. The molecule has 0 saturated carbocycles. The number of hydrogen-bond acceptors (Lipinski definition) is 2. The zero-order valence-corrected chi connectivity index (χ0v) is 13.1. The molecular formula is C19H19N3O. The number of nitrogens with one attached hydrogen (secondary N) is 3. The van der Waals surface area contributed by atoms with Gasteiger partial charge in [-0.2, -0.15) is 0 Å². The maximum absolute atomic E-state index is 12.2. The molecule has 4 heteroatoms. The van der Waals surface area contributed by atoms with Crippen molar-refractivity contribution in [1.29, 1.82) is 0 Å². The molecule has 3 N–H and O–H groups in total. The normalized spacial score (nSPS) is 13.9. The lowest BCUT2D eigenvalue weighted by atomic mass is 10.00. The van der Waals surface area contributed by atoms with Gasteiger partial charge in [-0.1, -0.05) is 30.3 Å². The second-order valence-electron chi connectivity index (χ2n) is 5.94. The van der Waals surface area contributed by atoms with Gasteiger partial charge in [0.2, 0.25) is 0 Å². The minimum absolute atomic E-state index is 0.0178. The maximum Gasteiger partial charge on any atom is 0.251 e. The summed E-state index contributed by atoms with van der Waals surface area (Å²) in [6.45, 7) is 1.54. The third-order valence-electron chi connectivity index (χ3n) is 4.46. The molecule has 0 unspecified atom stereocenters. The monoisotopic (exact) mass is 305 g/mol. The van der Waals surface area contributed by atoms with Gasteiger partial charge in [0.05, 0.1) is 0 Å². The molecule has 1 aromatic heterocycles. The molecule has 4 nitrogen and oxygen atoms in total. The van der Waals surface area contributed by atoms with E-state index in [1.807, 2.05) is 25.2 Å². The number of H-pyrrole nitrogens is 1. The quantitative estimate of drug-likeness (QED) is 0.697. The zero-order valence-electron chi connectivity index (χ0n) is 13.1. The predicted molar refractivity (Wildman–Crippen MR) is 92.5 cm³/mol. The van der Waals surface area contributed by atoms with E-state index < -0.39 is 0 Å². The van der Waals surface area contributed by atoms with Crippen LogP contribution in [0.1, 0.15) is 21.5 Å². The molecule has 2 heterocycles. The number of carbonyl (C=O) groups excluding carboxylic acids is 1. The van der Waals surface area contributed by atoms with E-state index in [1.54, 1.807) is 0 Å². The van der Waals surface area contributed by atoms with Gasteiger partial charge in [-0.05, 0) is 42.3 Å². The standard InChI is InChI=1S/C19H19N3O/c1-20-11-12-5-7-13(8-6-12)18-14-9-10-21-19(23)15-3-2-4-16(22-18)17(14)15/h2-8,20,22H,9-11H2,1H3,(H,21,23). The van der Waals surface area contributed by atoms with Gasteiger partial charge in [0, 0.05) is 35.2 Å². The summed E-state index contributed by atoms with van der Waals surface area (Å²) in [6.07, 6.45) is 0.844. The molecule has 0 aliphatic carbocycles. The van der Waals surface area contributed by atoms with Crippen molar-refractivity contribution < 1.29 is 4.79 Å². The molecule has 1 aliphatic rings. The molecule has 0 fully saturated rings. The predicted octanol–water partition coefficient (Wildman–Crippen LogP) is 2.84. The van der Waals surface area contributed by atoms with Crippen LogP contribution in [0.25, 0.3) is 22.2 Å². The van der Waals surface area contributed by atoms with Crippen molar-refractivity contribution in [2.24, 2.45) is 0 Å². The molecule has 0 spiro atoms. The van der Waals surface area contributed by atoms with Gasteiger partial charge >= 0.3 is 0 Å². The Morgan fingerprint density at radius 1 is 1.13 bits per heavy atom. The van der Waals surface area contributed by atoms with E-state index in [9.17, 15) is 4.79 Å². The molecule has 0 bridgehead atoms. The fourth-order valence-corrected chi connectivity index (χ4v) is 3.39. The van der Waals surface area contributed by atoms with Crippen molar-refractivity contribution in [2.75, 3.05) is 13.6 Å². The Bertz CT molecular complexity index is 878. The highest BCUT2D eigenvalue weighted by Gasteiger charge is 2.21. The van der Waals surface area contributed by atoms with E-state index in [4.69, 9.17) is 0 Å². The first-order valence-electron chi connectivity index (χ1n) is 7.93. The third-order valence-corrected chi connectivity index (χ3v) is 4.46. The molecule has 0 radical (unpaired) electrons. The lowest BCUT2D eigenvalue weighted by Gasteiger charge is -2.06. The average Bonchev–Trinajstić information content (AvgIpc) is 2.85. The zero-order chi connectivity index (χ0) is 15.8. The van der Waals surface area contributed by atoms with E-state index >= 15 is 0 Å². The number of rotatable bonds is 3. The molecule has 23 heavy (non-hydrogen) atoms. The van der Waals surface area contributed by atoms with Gasteiger partial charge in [-0.3, -0.25) is 4.79 Å². The van der Waals surface area contributed by atoms with Crippen LogP contribution in [0.15, 0.2) is 42.5 Å². The molecule has 4 rings (SSSR count). The van der Waals surface area contributed by atoms with Crippen molar-refractivity contribution in [3.63, 3.8) is 0 Å². The highest BCUT2D eigenvalue weighted by atomic mass is 16.1. The smallest absolute Gasteiger partial charge is 0.251 e. The maximum atomic E-state index is 12.2. The average molecular weight is 305 g/mol. The van der Waals surface area contributed by atoms with Crippen LogP contribution in [-0.2, 0) is 13.0 Å². The van der Waals surface area contributed by atoms with Gasteiger partial charge in [-0.15, -0.1) is 0 Å². The molecule has 0 saturated heterocycles. The molecule has 2 aromatic carbocycles. The number of aromatic nitrogens is 1. The Balaban J connectivity index is 1.89. The minimum Gasteiger partial charge on any atom is -0.354 e. The second-order valence-corrected chi connectivity index (χ2v) is 5.94. The number of aromatic amines is 1. The van der Waals surface area contributed by atoms with E-state index in [0.29, 0.717) is 6.54 Å². The Morgan fingerprint density at radius 3 is 2.74 bits per heavy atom. The fourth-order valence-electron chi connectivity index (χ4n) is 3.39. The molecule has 116 valence electrons. The number of benzene rings is 2. The summed E-state index contributed by atoms with van der Waals surface area (Å²) < 4.78 is 0. The first kappa shape index (κ1) is 14.0. The highest BCUT2D eigenvalue weighted by Crippen LogP contribution is 2.34. The summed E-state index contributed by atoms with van der Waals surface area (Å²) in [5.74, 6) is 0.0178. The van der Waals surface area contributed by atoms with Crippen molar-refractivity contribution in [3.05, 3.63) is 59.2 Å². The summed E-state index contributed by atoms with van der Waals surface area (Å²) in [7, 11) is 1.95. The van der Waals surface area contributed by atoms with Crippen LogP contribution in [0, 0.1) is 0 Å². The van der Waals surface area contributed by atoms with Crippen LogP contribution in [0.2, 0.25) is 0 Å². The number of hydrogen-bond donors (Lipinski definition) is 3. The first-order chi connectivity index (χ1) is 11.3. The van der Waals surface area contributed by atoms with Crippen LogP contribution < -0.4 is 10.6 Å². The summed E-state index contributed by atoms with van der Waals surface area (Å²) in [5.41, 5.74) is 6.58. The van der Waals surface area contributed by atoms with E-state index in [0.717, 1.165) is 40.7 Å². The summed E-state index contributed by atoms with van der Waals surface area (Å²) >= 11 is 0. The number of amides is 1. The Labute approximate surface area is 134 Å². The van der Waals surface area contributed by atoms with E-state index in [2.05, 4.69) is 39.9 Å². The molecular weight excluding hydrogens is 286 g/mol. The molecule has 1 amide bonds. The highest BCUT2D eigenvalue weighted by molar-refractivity contribution is 6.10. The Morgan fingerprint density at radius 2 is 1.96 bits per heavy atom. The van der Waals surface area contributed by atoms with Crippen molar-refractivity contribution in [1.82, 2.24) is 15.6 Å². The van der Waals surface area contributed by atoms with Gasteiger partial charge in [0.25, 0.3) is 5.91 Å². The lowest BCUT2D eigenvalue weighted by molar-refractivity contribution is 0.0957. The Hall–Kier alpha value is -2.59.